The highest BCUT2D eigenvalue weighted by Gasteiger charge is 2.18. The molecule has 0 unspecified atom stereocenters. The molecule has 1 saturated carbocycles. The van der Waals surface area contributed by atoms with E-state index in [2.05, 4.69) is 21.2 Å². The molecule has 1 amide bonds. The van der Waals surface area contributed by atoms with Crippen LogP contribution in [0.2, 0.25) is 0 Å². The van der Waals surface area contributed by atoms with E-state index in [-0.39, 0.29) is 12.0 Å². The Hall–Kier alpha value is -0.850. The molecule has 0 aliphatic heterocycles. The second kappa shape index (κ2) is 7.07. The molecular formula is C13H19BrN2O3. The molecule has 1 aliphatic carbocycles. The molecule has 3 N–H and O–H groups in total. The van der Waals surface area contributed by atoms with Crippen molar-refractivity contribution in [3.8, 4) is 0 Å². The van der Waals surface area contributed by atoms with Gasteiger partial charge in [-0.25, -0.2) is 0 Å². The van der Waals surface area contributed by atoms with Gasteiger partial charge in [0, 0.05) is 12.6 Å². The summed E-state index contributed by atoms with van der Waals surface area (Å²) < 4.78 is 11.4. The zero-order valence-corrected chi connectivity index (χ0v) is 12.3. The van der Waals surface area contributed by atoms with E-state index in [1.165, 1.54) is 0 Å². The maximum absolute atomic E-state index is 11.7. The van der Waals surface area contributed by atoms with Crippen molar-refractivity contribution in [1.82, 2.24) is 5.32 Å². The van der Waals surface area contributed by atoms with Gasteiger partial charge in [0.2, 0.25) is 0 Å². The smallest absolute Gasteiger partial charge is 0.287 e. The minimum Gasteiger partial charge on any atom is -0.444 e. The van der Waals surface area contributed by atoms with Crippen LogP contribution in [0.15, 0.2) is 21.2 Å². The van der Waals surface area contributed by atoms with Crippen LogP contribution in [0, 0.1) is 0 Å². The van der Waals surface area contributed by atoms with E-state index < -0.39 is 0 Å². The summed E-state index contributed by atoms with van der Waals surface area (Å²) in [6.45, 7) is 1.01. The maximum atomic E-state index is 11.7. The molecule has 1 fully saturated rings. The molecular weight excluding hydrogens is 312 g/mol. The van der Waals surface area contributed by atoms with E-state index in [4.69, 9.17) is 14.9 Å². The molecule has 0 atom stereocenters. The first-order chi connectivity index (χ1) is 9.15. The van der Waals surface area contributed by atoms with Gasteiger partial charge in [-0.1, -0.05) is 0 Å². The normalized spacial score (nSPS) is 23.3. The summed E-state index contributed by atoms with van der Waals surface area (Å²) in [5.41, 5.74) is 5.83. The van der Waals surface area contributed by atoms with Gasteiger partial charge in [0.15, 0.2) is 10.4 Å². The standard InChI is InChI=1S/C13H19BrN2O3/c14-12-6-5-11(19-12)13(17)16-7-8-18-10-3-1-9(15)2-4-10/h5-6,9-10H,1-4,7-8,15H2,(H,16,17). The van der Waals surface area contributed by atoms with Gasteiger partial charge in [0.1, 0.15) is 0 Å². The van der Waals surface area contributed by atoms with Crippen molar-refractivity contribution in [2.24, 2.45) is 5.73 Å². The van der Waals surface area contributed by atoms with Gasteiger partial charge in [0.25, 0.3) is 5.91 Å². The Kier molecular flexibility index (Phi) is 5.42. The van der Waals surface area contributed by atoms with Crippen LogP contribution in [-0.2, 0) is 4.74 Å². The first-order valence-electron chi connectivity index (χ1n) is 6.56. The van der Waals surface area contributed by atoms with Gasteiger partial charge in [-0.05, 0) is 53.7 Å². The average molecular weight is 331 g/mol. The maximum Gasteiger partial charge on any atom is 0.287 e. The summed E-state index contributed by atoms with van der Waals surface area (Å²) in [6, 6.07) is 3.65. The molecule has 0 saturated heterocycles. The molecule has 0 radical (unpaired) electrons. The van der Waals surface area contributed by atoms with Gasteiger partial charge in [-0.15, -0.1) is 0 Å². The van der Waals surface area contributed by atoms with E-state index in [0.717, 1.165) is 25.7 Å². The van der Waals surface area contributed by atoms with Crippen LogP contribution in [0.1, 0.15) is 36.2 Å². The van der Waals surface area contributed by atoms with Crippen molar-refractivity contribution in [2.45, 2.75) is 37.8 Å². The number of hydrogen-bond donors (Lipinski definition) is 2. The Bertz CT molecular complexity index is 414. The first-order valence-corrected chi connectivity index (χ1v) is 7.35. The lowest BCUT2D eigenvalue weighted by atomic mass is 9.94. The second-order valence-electron chi connectivity index (χ2n) is 4.77. The molecule has 1 heterocycles. The molecule has 0 bridgehead atoms. The molecule has 5 nitrogen and oxygen atoms in total. The molecule has 1 aromatic rings. The van der Waals surface area contributed by atoms with Crippen molar-refractivity contribution in [3.05, 3.63) is 22.6 Å². The number of hydrogen-bond acceptors (Lipinski definition) is 4. The quantitative estimate of drug-likeness (QED) is 0.810. The Morgan fingerprint density at radius 3 is 2.79 bits per heavy atom. The molecule has 1 aromatic heterocycles. The summed E-state index contributed by atoms with van der Waals surface area (Å²) in [6.07, 6.45) is 4.37. The fourth-order valence-electron chi connectivity index (χ4n) is 2.17. The van der Waals surface area contributed by atoms with Crippen molar-refractivity contribution in [3.63, 3.8) is 0 Å². The fourth-order valence-corrected chi connectivity index (χ4v) is 2.48. The number of nitrogens with one attached hydrogen (secondary N) is 1. The predicted molar refractivity (Wildman–Crippen MR) is 74.9 cm³/mol. The lowest BCUT2D eigenvalue weighted by Crippen LogP contribution is -2.32. The largest absolute Gasteiger partial charge is 0.444 e. The van der Waals surface area contributed by atoms with Gasteiger partial charge >= 0.3 is 0 Å². The Morgan fingerprint density at radius 2 is 2.16 bits per heavy atom. The zero-order valence-electron chi connectivity index (χ0n) is 10.7. The zero-order chi connectivity index (χ0) is 13.7. The summed E-state index contributed by atoms with van der Waals surface area (Å²) in [5.74, 6) is 0.0791. The number of rotatable bonds is 5. The fraction of sp³-hybridized carbons (Fsp3) is 0.615. The van der Waals surface area contributed by atoms with Gasteiger partial charge in [-0.3, -0.25) is 4.79 Å². The van der Waals surface area contributed by atoms with Crippen molar-refractivity contribution in [2.75, 3.05) is 13.2 Å². The van der Waals surface area contributed by atoms with Crippen molar-refractivity contribution in [1.29, 1.82) is 0 Å². The first kappa shape index (κ1) is 14.6. The highest BCUT2D eigenvalue weighted by Crippen LogP contribution is 2.19. The molecule has 106 valence electrons. The third kappa shape index (κ3) is 4.63. The minimum absolute atomic E-state index is 0.222. The Labute approximate surface area is 121 Å². The van der Waals surface area contributed by atoms with Gasteiger partial charge in [-0.2, -0.15) is 0 Å². The minimum atomic E-state index is -0.222. The van der Waals surface area contributed by atoms with Gasteiger partial charge in [0.05, 0.1) is 12.7 Å². The van der Waals surface area contributed by atoms with E-state index in [0.29, 0.717) is 29.6 Å². The van der Waals surface area contributed by atoms with E-state index in [1.807, 2.05) is 0 Å². The number of carbonyl (C=O) groups excluding carboxylic acids is 1. The molecule has 0 spiro atoms. The van der Waals surface area contributed by atoms with Crippen LogP contribution in [0.3, 0.4) is 0 Å². The average Bonchev–Trinajstić information content (AvgIpc) is 2.83. The van der Waals surface area contributed by atoms with Crippen molar-refractivity contribution < 1.29 is 13.9 Å². The number of furan rings is 1. The van der Waals surface area contributed by atoms with Crippen LogP contribution in [0.25, 0.3) is 0 Å². The number of amides is 1. The second-order valence-corrected chi connectivity index (χ2v) is 5.55. The van der Waals surface area contributed by atoms with Crippen LogP contribution in [0.5, 0.6) is 0 Å². The lowest BCUT2D eigenvalue weighted by Gasteiger charge is -2.26. The highest BCUT2D eigenvalue weighted by atomic mass is 79.9. The van der Waals surface area contributed by atoms with Gasteiger partial charge < -0.3 is 20.2 Å². The van der Waals surface area contributed by atoms with E-state index in [9.17, 15) is 4.79 Å². The molecule has 1 aliphatic rings. The number of nitrogens with two attached hydrogens (primary N) is 1. The monoisotopic (exact) mass is 330 g/mol. The topological polar surface area (TPSA) is 77.5 Å². The summed E-state index contributed by atoms with van der Waals surface area (Å²) in [7, 11) is 0. The predicted octanol–water partition coefficient (Wildman–Crippen LogP) is 2.06. The van der Waals surface area contributed by atoms with Crippen molar-refractivity contribution >= 4 is 21.8 Å². The Balaban J connectivity index is 1.60. The molecule has 19 heavy (non-hydrogen) atoms. The van der Waals surface area contributed by atoms with Crippen LogP contribution >= 0.6 is 15.9 Å². The van der Waals surface area contributed by atoms with E-state index >= 15 is 0 Å². The molecule has 6 heteroatoms. The number of carbonyl (C=O) groups is 1. The number of ether oxygens (including phenoxy) is 1. The van der Waals surface area contributed by atoms with E-state index in [1.54, 1.807) is 12.1 Å². The lowest BCUT2D eigenvalue weighted by molar-refractivity contribution is 0.0266. The SMILES string of the molecule is NC1CCC(OCCNC(=O)c2ccc(Br)o2)CC1. The third-order valence-corrected chi connectivity index (χ3v) is 3.68. The summed E-state index contributed by atoms with van der Waals surface area (Å²) in [4.78, 5) is 11.7. The Morgan fingerprint density at radius 1 is 1.42 bits per heavy atom. The highest BCUT2D eigenvalue weighted by molar-refractivity contribution is 9.10. The van der Waals surface area contributed by atoms with Crippen LogP contribution in [0.4, 0.5) is 0 Å². The molecule has 0 aromatic carbocycles. The van der Waals surface area contributed by atoms with Crippen LogP contribution < -0.4 is 11.1 Å². The summed E-state index contributed by atoms with van der Waals surface area (Å²) in [5, 5.41) is 2.76. The molecule has 2 rings (SSSR count). The third-order valence-electron chi connectivity index (χ3n) is 3.26. The number of halogens is 1. The van der Waals surface area contributed by atoms with Crippen LogP contribution in [-0.4, -0.2) is 31.2 Å². The summed E-state index contributed by atoms with van der Waals surface area (Å²) >= 11 is 3.16.